The minimum Gasteiger partial charge on any atom is -0.478 e. The van der Waals surface area contributed by atoms with E-state index in [1.54, 1.807) is 75.5 Å². The quantitative estimate of drug-likeness (QED) is 0.383. The number of pyridine rings is 2. The van der Waals surface area contributed by atoms with E-state index in [0.717, 1.165) is 11.4 Å². The number of hydrogen-bond acceptors (Lipinski definition) is 7. The fourth-order valence-corrected chi connectivity index (χ4v) is 3.01. The van der Waals surface area contributed by atoms with Gasteiger partial charge in [0.2, 0.25) is 0 Å². The maximum absolute atomic E-state index is 12.2. The summed E-state index contributed by atoms with van der Waals surface area (Å²) in [5.74, 6) is -1.22. The summed E-state index contributed by atoms with van der Waals surface area (Å²) < 4.78 is 3.12. The molecule has 0 aromatic carbocycles. The Morgan fingerprint density at radius 3 is 1.80 bits per heavy atom. The van der Waals surface area contributed by atoms with Crippen LogP contribution in [0.1, 0.15) is 46.0 Å². The smallest absolute Gasteiger partial charge is 0.339 e. The lowest BCUT2D eigenvalue weighted by Gasteiger charge is -2.23. The van der Waals surface area contributed by atoms with Crippen molar-refractivity contribution in [2.24, 2.45) is 0 Å². The summed E-state index contributed by atoms with van der Waals surface area (Å²) in [5.41, 5.74) is 2.67. The molecule has 4 rings (SSSR count). The van der Waals surface area contributed by atoms with Crippen molar-refractivity contribution < 1.29 is 19.8 Å². The van der Waals surface area contributed by atoms with E-state index in [1.165, 1.54) is 10.9 Å². The van der Waals surface area contributed by atoms with Crippen molar-refractivity contribution in [2.45, 2.75) is 33.2 Å². The van der Waals surface area contributed by atoms with Crippen LogP contribution in [0, 0.1) is 13.8 Å². The zero-order chi connectivity index (χ0) is 25.6. The highest BCUT2D eigenvalue weighted by Gasteiger charge is 2.22. The van der Waals surface area contributed by atoms with Crippen LogP contribution in [-0.4, -0.2) is 63.8 Å². The summed E-state index contributed by atoms with van der Waals surface area (Å²) in [5, 5.41) is 29.2. The summed E-state index contributed by atoms with van der Waals surface area (Å²) in [4.78, 5) is 31.0. The number of aliphatic hydroxyl groups is 1. The number of rotatable bonds is 6. The van der Waals surface area contributed by atoms with E-state index in [1.807, 2.05) is 12.1 Å². The number of hydrogen-bond donors (Lipinski definition) is 3. The van der Waals surface area contributed by atoms with Crippen LogP contribution in [-0.2, 0) is 0 Å². The van der Waals surface area contributed by atoms with Gasteiger partial charge in [0.15, 0.2) is 0 Å². The van der Waals surface area contributed by atoms with Gasteiger partial charge in [-0.25, -0.2) is 14.2 Å². The molecule has 11 nitrogen and oxygen atoms in total. The fourth-order valence-electron chi connectivity index (χ4n) is 3.01. The lowest BCUT2D eigenvalue weighted by atomic mass is 10.1. The van der Waals surface area contributed by atoms with Crippen LogP contribution in [0.2, 0.25) is 0 Å². The van der Waals surface area contributed by atoms with Gasteiger partial charge < -0.3 is 15.5 Å². The summed E-state index contributed by atoms with van der Waals surface area (Å²) in [6.45, 7) is 6.82. The molecule has 0 radical (unpaired) electrons. The molecule has 11 heteroatoms. The monoisotopic (exact) mass is 477 g/mol. The van der Waals surface area contributed by atoms with E-state index in [0.29, 0.717) is 17.0 Å². The van der Waals surface area contributed by atoms with Crippen LogP contribution < -0.4 is 5.32 Å². The first-order valence-electron chi connectivity index (χ1n) is 10.7. The molecule has 0 fully saturated rings. The van der Waals surface area contributed by atoms with Gasteiger partial charge in [-0.15, -0.1) is 0 Å². The topological polar surface area (TPSA) is 148 Å². The standard InChI is InChI=1S/C14H18N4O2.C10H9N3O2/c1-10-12(13(20)16-14(2,3)9-19)8-18(17-10)11-5-4-6-15-7-11;1-7-9(10(14)15)6-13(12-7)8-3-2-4-11-5-8/h4-8,19H,9H2,1-3H3,(H,16,20);2-6H,1H3,(H,14,15). The molecular formula is C24H27N7O4. The van der Waals surface area contributed by atoms with E-state index in [2.05, 4.69) is 25.5 Å². The van der Waals surface area contributed by atoms with Gasteiger partial charge in [0.05, 0.1) is 52.9 Å². The first-order valence-corrected chi connectivity index (χ1v) is 10.7. The third-order valence-corrected chi connectivity index (χ3v) is 4.94. The first-order chi connectivity index (χ1) is 16.6. The highest BCUT2D eigenvalue weighted by atomic mass is 16.4. The minimum absolute atomic E-state index is 0.130. The maximum Gasteiger partial charge on any atom is 0.339 e. The van der Waals surface area contributed by atoms with Gasteiger partial charge in [-0.05, 0) is 52.0 Å². The maximum atomic E-state index is 12.2. The second kappa shape index (κ2) is 10.7. The molecular weight excluding hydrogens is 450 g/mol. The van der Waals surface area contributed by atoms with Gasteiger partial charge in [0.25, 0.3) is 5.91 Å². The molecule has 0 spiro atoms. The molecule has 35 heavy (non-hydrogen) atoms. The summed E-state index contributed by atoms with van der Waals surface area (Å²) in [7, 11) is 0. The molecule has 0 saturated carbocycles. The normalized spacial score (nSPS) is 10.9. The third-order valence-electron chi connectivity index (χ3n) is 4.94. The lowest BCUT2D eigenvalue weighted by Crippen LogP contribution is -2.46. The molecule has 0 aliphatic rings. The molecule has 0 unspecified atom stereocenters. The number of carboxylic acids is 1. The Kier molecular flexibility index (Phi) is 7.72. The Hall–Kier alpha value is -4.38. The van der Waals surface area contributed by atoms with Crippen LogP contribution in [0.5, 0.6) is 0 Å². The van der Waals surface area contributed by atoms with E-state index >= 15 is 0 Å². The van der Waals surface area contributed by atoms with Gasteiger partial charge in [-0.2, -0.15) is 10.2 Å². The van der Waals surface area contributed by atoms with E-state index in [4.69, 9.17) is 5.11 Å². The molecule has 0 saturated heterocycles. The van der Waals surface area contributed by atoms with E-state index < -0.39 is 11.5 Å². The Balaban J connectivity index is 0.000000203. The summed E-state index contributed by atoms with van der Waals surface area (Å²) >= 11 is 0. The number of aryl methyl sites for hydroxylation is 2. The average molecular weight is 478 g/mol. The number of nitrogens with zero attached hydrogens (tertiary/aromatic N) is 6. The zero-order valence-corrected chi connectivity index (χ0v) is 19.9. The van der Waals surface area contributed by atoms with Crippen molar-refractivity contribution in [1.82, 2.24) is 34.8 Å². The van der Waals surface area contributed by atoms with Crippen LogP contribution in [0.4, 0.5) is 0 Å². The Bertz CT molecular complexity index is 1300. The number of aromatic nitrogens is 6. The molecule has 3 N–H and O–H groups in total. The van der Waals surface area contributed by atoms with Crippen LogP contribution in [0.15, 0.2) is 61.4 Å². The molecule has 182 valence electrons. The second-order valence-electron chi connectivity index (χ2n) is 8.37. The number of amides is 1. The molecule has 0 aliphatic heterocycles. The number of carbonyl (C=O) groups excluding carboxylic acids is 1. The van der Waals surface area contributed by atoms with Crippen LogP contribution >= 0.6 is 0 Å². The summed E-state index contributed by atoms with van der Waals surface area (Å²) in [6, 6.07) is 7.25. The molecule has 4 heterocycles. The molecule has 0 aliphatic carbocycles. The predicted octanol–water partition coefficient (Wildman–Crippen LogP) is 2.35. The largest absolute Gasteiger partial charge is 0.478 e. The highest BCUT2D eigenvalue weighted by Crippen LogP contribution is 2.13. The predicted molar refractivity (Wildman–Crippen MR) is 128 cm³/mol. The van der Waals surface area contributed by atoms with Gasteiger partial charge in [0.1, 0.15) is 5.56 Å². The van der Waals surface area contributed by atoms with Gasteiger partial charge in [-0.1, -0.05) is 0 Å². The molecule has 1 amide bonds. The van der Waals surface area contributed by atoms with Crippen molar-refractivity contribution >= 4 is 11.9 Å². The Morgan fingerprint density at radius 1 is 0.914 bits per heavy atom. The second-order valence-corrected chi connectivity index (χ2v) is 8.37. The third kappa shape index (κ3) is 6.36. The number of carbonyl (C=O) groups is 2. The van der Waals surface area contributed by atoms with Gasteiger partial charge in [-0.3, -0.25) is 14.8 Å². The van der Waals surface area contributed by atoms with Crippen LogP contribution in [0.25, 0.3) is 11.4 Å². The fraction of sp³-hybridized carbons (Fsp3) is 0.250. The number of carboxylic acid groups (broad SMARTS) is 1. The van der Waals surface area contributed by atoms with E-state index in [9.17, 15) is 14.7 Å². The molecule has 0 atom stereocenters. The van der Waals surface area contributed by atoms with Crippen molar-refractivity contribution in [3.05, 3.63) is 84.0 Å². The van der Waals surface area contributed by atoms with Crippen molar-refractivity contribution in [1.29, 1.82) is 0 Å². The van der Waals surface area contributed by atoms with Gasteiger partial charge >= 0.3 is 5.97 Å². The number of nitrogens with one attached hydrogen (secondary N) is 1. The highest BCUT2D eigenvalue weighted by molar-refractivity contribution is 5.95. The van der Waals surface area contributed by atoms with Crippen LogP contribution in [0.3, 0.4) is 0 Å². The summed E-state index contributed by atoms with van der Waals surface area (Å²) in [6.07, 6.45) is 9.77. The zero-order valence-electron chi connectivity index (χ0n) is 19.9. The van der Waals surface area contributed by atoms with Crippen molar-refractivity contribution in [3.63, 3.8) is 0 Å². The molecule has 4 aromatic rings. The molecule has 4 aromatic heterocycles. The minimum atomic E-state index is -0.970. The Morgan fingerprint density at radius 2 is 1.40 bits per heavy atom. The SMILES string of the molecule is Cc1nn(-c2cccnc2)cc1C(=O)NC(C)(C)CO.Cc1nn(-c2cccnc2)cc1C(=O)O. The molecule has 0 bridgehead atoms. The Labute approximate surface area is 202 Å². The van der Waals surface area contributed by atoms with E-state index in [-0.39, 0.29) is 18.1 Å². The number of aromatic carboxylic acids is 1. The lowest BCUT2D eigenvalue weighted by molar-refractivity contribution is 0.0695. The number of aliphatic hydroxyl groups excluding tert-OH is 1. The van der Waals surface area contributed by atoms with Gasteiger partial charge in [0, 0.05) is 24.8 Å². The first kappa shape index (κ1) is 25.2. The van der Waals surface area contributed by atoms with Crippen molar-refractivity contribution in [2.75, 3.05) is 6.61 Å². The average Bonchev–Trinajstić information content (AvgIpc) is 3.43. The van der Waals surface area contributed by atoms with Crippen molar-refractivity contribution in [3.8, 4) is 11.4 Å².